The molecule has 1 aromatic heterocycles. The molecule has 0 radical (unpaired) electrons. The topological polar surface area (TPSA) is 84.0 Å². The summed E-state index contributed by atoms with van der Waals surface area (Å²) in [6.07, 6.45) is 0. The average molecular weight is 413 g/mol. The fourth-order valence-electron chi connectivity index (χ4n) is 2.65. The Hall–Kier alpha value is -2.71. The number of hydrogen-bond acceptors (Lipinski definition) is 7. The van der Waals surface area contributed by atoms with Crippen molar-refractivity contribution in [3.05, 3.63) is 59.2 Å². The summed E-state index contributed by atoms with van der Waals surface area (Å²) in [5.74, 6) is 0.270. The van der Waals surface area contributed by atoms with E-state index in [2.05, 4.69) is 20.8 Å². The van der Waals surface area contributed by atoms with Crippen molar-refractivity contribution < 1.29 is 9.59 Å². The third-order valence-corrected chi connectivity index (χ3v) is 5.82. The van der Waals surface area contributed by atoms with E-state index in [9.17, 15) is 9.59 Å². The molecule has 0 aliphatic heterocycles. The summed E-state index contributed by atoms with van der Waals surface area (Å²) in [4.78, 5) is 23.6. The molecule has 6 nitrogen and oxygen atoms in total. The number of Topliss-reactive ketones (excluding diaryl/α,β-unsaturated/α-hetero) is 1. The minimum Gasteiger partial charge on any atom is -0.330 e. The lowest BCUT2D eigenvalue weighted by molar-refractivity contribution is -0.114. The van der Waals surface area contributed by atoms with Gasteiger partial charge in [-0.1, -0.05) is 52.9 Å². The molecule has 0 atom stereocenters. The summed E-state index contributed by atoms with van der Waals surface area (Å²) in [6.45, 7) is 5.43. The van der Waals surface area contributed by atoms with E-state index in [1.54, 1.807) is 0 Å². The van der Waals surface area contributed by atoms with Crippen molar-refractivity contribution in [2.75, 3.05) is 16.4 Å². The summed E-state index contributed by atoms with van der Waals surface area (Å²) in [5, 5.41) is 14.8. The number of benzene rings is 2. The zero-order valence-corrected chi connectivity index (χ0v) is 17.4. The Morgan fingerprint density at radius 3 is 2.61 bits per heavy atom. The van der Waals surface area contributed by atoms with E-state index in [1.807, 2.05) is 56.3 Å². The van der Waals surface area contributed by atoms with Gasteiger partial charge in [0.05, 0.1) is 5.75 Å². The Labute approximate surface area is 171 Å². The van der Waals surface area contributed by atoms with Crippen molar-refractivity contribution in [3.63, 3.8) is 0 Å². The number of carbonyl (C=O) groups excluding carboxylic acids is 2. The van der Waals surface area contributed by atoms with Crippen molar-refractivity contribution in [2.45, 2.75) is 25.1 Å². The van der Waals surface area contributed by atoms with Gasteiger partial charge in [-0.25, -0.2) is 0 Å². The van der Waals surface area contributed by atoms with Crippen LogP contribution in [-0.4, -0.2) is 27.6 Å². The minimum atomic E-state index is -0.125. The SMILES string of the molecule is CC(=O)Nc1cccc(Nc2nnc(SCC(=O)c3ccc(C)cc3C)s2)c1. The van der Waals surface area contributed by atoms with Gasteiger partial charge in [-0.15, -0.1) is 10.2 Å². The molecule has 0 saturated heterocycles. The molecule has 0 bridgehead atoms. The molecule has 0 unspecified atom stereocenters. The predicted octanol–water partition coefficient (Wildman–Crippen LogP) is 4.83. The quantitative estimate of drug-likeness (QED) is 0.427. The van der Waals surface area contributed by atoms with Crippen LogP contribution >= 0.6 is 23.1 Å². The van der Waals surface area contributed by atoms with Crippen LogP contribution < -0.4 is 10.6 Å². The molecule has 0 spiro atoms. The maximum Gasteiger partial charge on any atom is 0.221 e. The third-order valence-electron chi connectivity index (χ3n) is 3.85. The lowest BCUT2D eigenvalue weighted by atomic mass is 10.0. The van der Waals surface area contributed by atoms with E-state index < -0.39 is 0 Å². The first-order valence-electron chi connectivity index (χ1n) is 8.62. The second kappa shape index (κ2) is 8.99. The van der Waals surface area contributed by atoms with Crippen molar-refractivity contribution in [3.8, 4) is 0 Å². The Balaban J connectivity index is 1.60. The Bertz CT molecular complexity index is 1020. The first-order chi connectivity index (χ1) is 13.4. The van der Waals surface area contributed by atoms with Crippen molar-refractivity contribution in [1.82, 2.24) is 10.2 Å². The number of aromatic nitrogens is 2. The molecule has 1 heterocycles. The van der Waals surface area contributed by atoms with E-state index in [-0.39, 0.29) is 11.7 Å². The van der Waals surface area contributed by atoms with Crippen LogP contribution in [0.25, 0.3) is 0 Å². The maximum absolute atomic E-state index is 12.5. The van der Waals surface area contributed by atoms with E-state index in [4.69, 9.17) is 0 Å². The van der Waals surface area contributed by atoms with Crippen LogP contribution in [0.5, 0.6) is 0 Å². The summed E-state index contributed by atoms with van der Waals surface area (Å²) in [7, 11) is 0. The first-order valence-corrected chi connectivity index (χ1v) is 10.4. The van der Waals surface area contributed by atoms with Crippen LogP contribution in [-0.2, 0) is 4.79 Å². The summed E-state index contributed by atoms with van der Waals surface area (Å²) in [5.41, 5.74) is 4.38. The van der Waals surface area contributed by atoms with Gasteiger partial charge in [0.15, 0.2) is 10.1 Å². The highest BCUT2D eigenvalue weighted by molar-refractivity contribution is 8.01. The smallest absolute Gasteiger partial charge is 0.221 e. The lowest BCUT2D eigenvalue weighted by Crippen LogP contribution is -2.05. The third kappa shape index (κ3) is 5.40. The molecule has 0 aliphatic rings. The van der Waals surface area contributed by atoms with Gasteiger partial charge in [-0.3, -0.25) is 9.59 Å². The van der Waals surface area contributed by atoms with Crippen LogP contribution in [0, 0.1) is 13.8 Å². The van der Waals surface area contributed by atoms with Crippen LogP contribution in [0.4, 0.5) is 16.5 Å². The molecule has 8 heteroatoms. The normalized spacial score (nSPS) is 10.5. The number of thioether (sulfide) groups is 1. The molecular formula is C20H20N4O2S2. The Morgan fingerprint density at radius 1 is 1.07 bits per heavy atom. The van der Waals surface area contributed by atoms with Gasteiger partial charge in [0.1, 0.15) is 0 Å². The average Bonchev–Trinajstić information content (AvgIpc) is 3.07. The number of aryl methyl sites for hydroxylation is 2. The fraction of sp³-hybridized carbons (Fsp3) is 0.200. The summed E-state index contributed by atoms with van der Waals surface area (Å²) < 4.78 is 0.721. The van der Waals surface area contributed by atoms with Gasteiger partial charge in [-0.05, 0) is 37.6 Å². The zero-order valence-electron chi connectivity index (χ0n) is 15.8. The van der Waals surface area contributed by atoms with E-state index >= 15 is 0 Å². The highest BCUT2D eigenvalue weighted by Crippen LogP contribution is 2.29. The number of ketones is 1. The Kier molecular flexibility index (Phi) is 6.43. The molecule has 144 valence electrons. The molecular weight excluding hydrogens is 392 g/mol. The van der Waals surface area contributed by atoms with Crippen LogP contribution in [0.2, 0.25) is 0 Å². The minimum absolute atomic E-state index is 0.0789. The Morgan fingerprint density at radius 2 is 1.86 bits per heavy atom. The van der Waals surface area contributed by atoms with Gasteiger partial charge >= 0.3 is 0 Å². The van der Waals surface area contributed by atoms with Gasteiger partial charge in [-0.2, -0.15) is 0 Å². The first kappa shape index (κ1) is 20.0. The summed E-state index contributed by atoms with van der Waals surface area (Å²) >= 11 is 2.76. The van der Waals surface area contributed by atoms with Crippen LogP contribution in [0.1, 0.15) is 28.4 Å². The number of nitrogens with one attached hydrogen (secondary N) is 2. The molecule has 2 aromatic carbocycles. The van der Waals surface area contributed by atoms with Crippen molar-refractivity contribution >= 4 is 51.3 Å². The number of anilines is 3. The second-order valence-corrected chi connectivity index (χ2v) is 8.49. The number of rotatable bonds is 7. The molecule has 3 rings (SSSR count). The second-order valence-electron chi connectivity index (χ2n) is 6.29. The number of carbonyl (C=O) groups is 2. The van der Waals surface area contributed by atoms with Crippen LogP contribution in [0.15, 0.2) is 46.8 Å². The van der Waals surface area contributed by atoms with E-state index in [0.29, 0.717) is 16.6 Å². The summed E-state index contributed by atoms with van der Waals surface area (Å²) in [6, 6.07) is 13.2. The molecule has 0 fully saturated rings. The molecule has 2 N–H and O–H groups in total. The van der Waals surface area contributed by atoms with Gasteiger partial charge in [0, 0.05) is 23.9 Å². The fourth-order valence-corrected chi connectivity index (χ4v) is 4.31. The van der Waals surface area contributed by atoms with E-state index in [1.165, 1.54) is 30.0 Å². The highest BCUT2D eigenvalue weighted by atomic mass is 32.2. The monoisotopic (exact) mass is 412 g/mol. The van der Waals surface area contributed by atoms with Crippen molar-refractivity contribution in [2.24, 2.45) is 0 Å². The number of hydrogen-bond donors (Lipinski definition) is 2. The zero-order chi connectivity index (χ0) is 20.1. The molecule has 3 aromatic rings. The highest BCUT2D eigenvalue weighted by Gasteiger charge is 2.12. The van der Waals surface area contributed by atoms with Gasteiger partial charge < -0.3 is 10.6 Å². The number of nitrogens with zero attached hydrogens (tertiary/aromatic N) is 2. The van der Waals surface area contributed by atoms with E-state index in [0.717, 1.165) is 26.7 Å². The van der Waals surface area contributed by atoms with Gasteiger partial charge in [0.2, 0.25) is 11.0 Å². The molecule has 28 heavy (non-hydrogen) atoms. The van der Waals surface area contributed by atoms with Crippen molar-refractivity contribution in [1.29, 1.82) is 0 Å². The van der Waals surface area contributed by atoms with Crippen LogP contribution in [0.3, 0.4) is 0 Å². The maximum atomic E-state index is 12.5. The standard InChI is InChI=1S/C20H20N4O2S2/c1-12-7-8-17(13(2)9-12)18(26)11-27-20-24-23-19(28-20)22-16-6-4-5-15(10-16)21-14(3)25/h4-10H,11H2,1-3H3,(H,21,25)(H,22,23). The molecule has 1 amide bonds. The molecule has 0 saturated carbocycles. The molecule has 0 aliphatic carbocycles. The lowest BCUT2D eigenvalue weighted by Gasteiger charge is -2.06. The number of amides is 1. The predicted molar refractivity (Wildman–Crippen MR) is 115 cm³/mol. The largest absolute Gasteiger partial charge is 0.330 e. The van der Waals surface area contributed by atoms with Gasteiger partial charge in [0.25, 0.3) is 0 Å².